The smallest absolute Gasteiger partial charge is 0.253 e. The maximum atomic E-state index is 14.4. The normalized spacial score (nSPS) is 26.1. The summed E-state index contributed by atoms with van der Waals surface area (Å²) in [6.07, 6.45) is 0. The fraction of sp³-hybridized carbons (Fsp3) is 0.194. The van der Waals surface area contributed by atoms with Crippen LogP contribution in [0.15, 0.2) is 91.0 Å². The van der Waals surface area contributed by atoms with Crippen LogP contribution in [0.5, 0.6) is 0 Å². The van der Waals surface area contributed by atoms with E-state index in [0.29, 0.717) is 16.9 Å². The first-order chi connectivity index (χ1) is 18.4. The van der Waals surface area contributed by atoms with Gasteiger partial charge >= 0.3 is 0 Å². The number of nitrogens with one attached hydrogen (secondary N) is 1. The van der Waals surface area contributed by atoms with Gasteiger partial charge in [-0.3, -0.25) is 19.7 Å². The first-order valence-corrected chi connectivity index (χ1v) is 12.7. The van der Waals surface area contributed by atoms with Gasteiger partial charge in [-0.25, -0.2) is 9.29 Å². The van der Waals surface area contributed by atoms with Crippen LogP contribution in [-0.2, 0) is 26.5 Å². The maximum Gasteiger partial charge on any atom is 0.253 e. The molecule has 0 aromatic heterocycles. The van der Waals surface area contributed by atoms with Crippen molar-refractivity contribution in [1.82, 2.24) is 5.32 Å². The first kappa shape index (κ1) is 22.8. The van der Waals surface area contributed by atoms with Gasteiger partial charge in [0.15, 0.2) is 0 Å². The molecule has 7 rings (SSSR count). The van der Waals surface area contributed by atoms with E-state index in [1.807, 2.05) is 67.6 Å². The van der Waals surface area contributed by atoms with Crippen LogP contribution in [0, 0.1) is 17.7 Å². The molecule has 1 N–H and O–H groups in total. The highest BCUT2D eigenvalue weighted by Gasteiger charge is 2.71. The van der Waals surface area contributed by atoms with Crippen molar-refractivity contribution in [2.45, 2.75) is 25.0 Å². The Labute approximate surface area is 218 Å². The molecule has 3 aliphatic rings. The molecule has 1 spiro atoms. The van der Waals surface area contributed by atoms with Gasteiger partial charge in [-0.05, 0) is 42.1 Å². The van der Waals surface area contributed by atoms with Crippen molar-refractivity contribution in [2.75, 3.05) is 9.80 Å². The van der Waals surface area contributed by atoms with Crippen LogP contribution in [0.25, 0.3) is 10.8 Å². The highest BCUT2D eigenvalue weighted by atomic mass is 19.1. The van der Waals surface area contributed by atoms with Crippen molar-refractivity contribution in [3.63, 3.8) is 0 Å². The highest BCUT2D eigenvalue weighted by Crippen LogP contribution is 2.55. The van der Waals surface area contributed by atoms with Crippen LogP contribution in [0.2, 0.25) is 0 Å². The minimum absolute atomic E-state index is 0.223. The molecule has 6 nitrogen and oxygen atoms in total. The summed E-state index contributed by atoms with van der Waals surface area (Å²) in [5.41, 5.74) is 1.31. The molecule has 0 aliphatic carbocycles. The summed E-state index contributed by atoms with van der Waals surface area (Å²) in [5.74, 6) is -2.88. The molecular weight excluding hydrogens is 481 g/mol. The second kappa shape index (κ2) is 8.07. The van der Waals surface area contributed by atoms with Gasteiger partial charge in [-0.15, -0.1) is 0 Å². The van der Waals surface area contributed by atoms with Crippen LogP contribution >= 0.6 is 0 Å². The second-order valence-electron chi connectivity index (χ2n) is 10.3. The molecule has 188 valence electrons. The van der Waals surface area contributed by atoms with Gasteiger partial charge in [-0.2, -0.15) is 0 Å². The fourth-order valence-corrected chi connectivity index (χ4v) is 6.68. The Bertz CT molecular complexity index is 1650. The number of halogens is 1. The molecule has 3 amide bonds. The average molecular weight is 506 g/mol. The molecule has 0 bridgehead atoms. The summed E-state index contributed by atoms with van der Waals surface area (Å²) in [7, 11) is 0. The predicted octanol–water partition coefficient (Wildman–Crippen LogP) is 4.52. The number of para-hydroxylation sites is 1. The van der Waals surface area contributed by atoms with Crippen LogP contribution in [0.1, 0.15) is 18.1 Å². The Balaban J connectivity index is 1.35. The number of carbonyl (C=O) groups excluding carboxylic acids is 3. The Morgan fingerprint density at radius 2 is 1.50 bits per heavy atom. The summed E-state index contributed by atoms with van der Waals surface area (Å²) < 4.78 is 13.5. The minimum atomic E-state index is -1.37. The van der Waals surface area contributed by atoms with Crippen molar-refractivity contribution in [2.24, 2.45) is 11.8 Å². The Kier molecular flexibility index (Phi) is 4.84. The second-order valence-corrected chi connectivity index (χ2v) is 10.3. The van der Waals surface area contributed by atoms with Gasteiger partial charge in [0, 0.05) is 22.7 Å². The summed E-state index contributed by atoms with van der Waals surface area (Å²) in [6.45, 7) is 2.09. The lowest BCUT2D eigenvalue weighted by atomic mass is 9.76. The Morgan fingerprint density at radius 3 is 2.32 bits per heavy atom. The van der Waals surface area contributed by atoms with Crippen LogP contribution in [0.4, 0.5) is 15.8 Å². The first-order valence-electron chi connectivity index (χ1n) is 12.7. The monoisotopic (exact) mass is 505 g/mol. The predicted molar refractivity (Wildman–Crippen MR) is 142 cm³/mol. The van der Waals surface area contributed by atoms with Gasteiger partial charge in [0.05, 0.1) is 24.1 Å². The van der Waals surface area contributed by atoms with E-state index < -0.39 is 23.4 Å². The van der Waals surface area contributed by atoms with Gasteiger partial charge in [-0.1, -0.05) is 66.7 Å². The molecule has 0 unspecified atom stereocenters. The lowest BCUT2D eigenvalue weighted by molar-refractivity contribution is -0.132. The topological polar surface area (TPSA) is 69.7 Å². The third-order valence-electron chi connectivity index (χ3n) is 8.28. The molecule has 0 radical (unpaired) electrons. The summed E-state index contributed by atoms with van der Waals surface area (Å²) in [6, 6.07) is 26.2. The van der Waals surface area contributed by atoms with Crippen molar-refractivity contribution in [3.05, 3.63) is 108 Å². The van der Waals surface area contributed by atoms with Crippen molar-refractivity contribution >= 4 is 39.9 Å². The van der Waals surface area contributed by atoms with Crippen molar-refractivity contribution in [1.29, 1.82) is 0 Å². The summed E-state index contributed by atoms with van der Waals surface area (Å²) >= 11 is 0. The molecule has 4 aromatic carbocycles. The number of rotatable bonds is 3. The van der Waals surface area contributed by atoms with Gasteiger partial charge in [0.25, 0.3) is 5.91 Å². The number of imide groups is 1. The van der Waals surface area contributed by atoms with E-state index in [1.165, 1.54) is 17.0 Å². The van der Waals surface area contributed by atoms with Crippen LogP contribution in [0.3, 0.4) is 0 Å². The van der Waals surface area contributed by atoms with Crippen LogP contribution < -0.4 is 15.1 Å². The number of amides is 3. The summed E-state index contributed by atoms with van der Waals surface area (Å²) in [4.78, 5) is 45.5. The molecule has 2 saturated heterocycles. The molecule has 0 saturated carbocycles. The number of benzene rings is 4. The molecular formula is C31H24FN3O3. The van der Waals surface area contributed by atoms with Crippen molar-refractivity contribution in [3.8, 4) is 0 Å². The Morgan fingerprint density at radius 1 is 0.816 bits per heavy atom. The fourth-order valence-electron chi connectivity index (χ4n) is 6.68. The van der Waals surface area contributed by atoms with E-state index in [9.17, 15) is 18.8 Å². The SMILES string of the molecule is C[C@H]1N[C@]2(C(=O)N(Cc3ccc(F)cc3)c3ccccc32)[C@@H]2C(=O)N(c3cccc4ccccc34)C(=O)[C@@H]21. The third kappa shape index (κ3) is 2.93. The van der Waals surface area contributed by atoms with E-state index >= 15 is 0 Å². The third-order valence-corrected chi connectivity index (χ3v) is 8.28. The molecule has 7 heteroatoms. The maximum absolute atomic E-state index is 14.4. The quantitative estimate of drug-likeness (QED) is 0.416. The molecule has 3 aliphatic heterocycles. The number of nitrogens with zero attached hydrogens (tertiary/aromatic N) is 2. The lowest BCUT2D eigenvalue weighted by Gasteiger charge is -2.30. The Hall–Kier alpha value is -4.36. The van der Waals surface area contributed by atoms with Gasteiger partial charge < -0.3 is 4.90 Å². The van der Waals surface area contributed by atoms with Crippen LogP contribution in [-0.4, -0.2) is 23.8 Å². The number of fused-ring (bicyclic) bond motifs is 5. The van der Waals surface area contributed by atoms with E-state index in [-0.39, 0.29) is 30.1 Å². The highest BCUT2D eigenvalue weighted by molar-refractivity contribution is 6.28. The molecule has 4 aromatic rings. The zero-order valence-electron chi connectivity index (χ0n) is 20.6. The number of anilines is 2. The zero-order chi connectivity index (χ0) is 26.2. The zero-order valence-corrected chi connectivity index (χ0v) is 20.6. The minimum Gasteiger partial charge on any atom is -0.306 e. The number of hydrogen-bond acceptors (Lipinski definition) is 4. The van der Waals surface area contributed by atoms with E-state index in [4.69, 9.17) is 0 Å². The largest absolute Gasteiger partial charge is 0.306 e. The molecule has 2 fully saturated rings. The molecule has 38 heavy (non-hydrogen) atoms. The lowest BCUT2D eigenvalue weighted by Crippen LogP contribution is -2.54. The van der Waals surface area contributed by atoms with Crippen molar-refractivity contribution < 1.29 is 18.8 Å². The number of hydrogen-bond donors (Lipinski definition) is 1. The van der Waals surface area contributed by atoms with E-state index in [2.05, 4.69) is 5.32 Å². The van der Waals surface area contributed by atoms with Gasteiger partial charge in [0.2, 0.25) is 11.8 Å². The van der Waals surface area contributed by atoms with E-state index in [0.717, 1.165) is 16.3 Å². The molecule has 4 atom stereocenters. The van der Waals surface area contributed by atoms with E-state index in [1.54, 1.807) is 23.1 Å². The average Bonchev–Trinajstić information content (AvgIpc) is 3.48. The molecule has 3 heterocycles. The summed E-state index contributed by atoms with van der Waals surface area (Å²) in [5, 5.41) is 5.15. The number of carbonyl (C=O) groups is 3. The van der Waals surface area contributed by atoms with Gasteiger partial charge in [0.1, 0.15) is 11.4 Å². The standard InChI is InChI=1S/C31H24FN3O3/c1-18-26-27(29(37)35(28(26)36)24-12-6-8-20-7-2-3-9-22(20)24)31(33-18)23-10-4-5-11-25(23)34(30(31)38)17-19-13-15-21(32)16-14-19/h2-16,18,26-27,33H,17H2,1H3/t18-,26-,27+,31+/m1/s1.